The average Bonchev–Trinajstić information content (AvgIpc) is 3.29. The smallest absolute Gasteiger partial charge is 0.238 e. The van der Waals surface area contributed by atoms with Gasteiger partial charge in [0.05, 0.1) is 18.2 Å². The Bertz CT molecular complexity index is 1210. The Morgan fingerprint density at radius 3 is 3.04 bits per heavy atom. The van der Waals surface area contributed by atoms with Crippen molar-refractivity contribution in [3.63, 3.8) is 0 Å². The highest BCUT2D eigenvalue weighted by Crippen LogP contribution is 2.42. The molecule has 2 aliphatic heterocycles. The molecule has 0 saturated carbocycles. The first-order valence-electron chi connectivity index (χ1n) is 9.04. The molecule has 132 valence electrons. The lowest BCUT2D eigenvalue weighted by molar-refractivity contribution is 0.356. The maximum Gasteiger partial charge on any atom is 0.238 e. The van der Waals surface area contributed by atoms with Crippen LogP contribution in [0.5, 0.6) is 5.75 Å². The Balaban J connectivity index is 1.64. The quantitative estimate of drug-likeness (QED) is 0.547. The zero-order valence-electron chi connectivity index (χ0n) is 14.5. The minimum absolute atomic E-state index is 0.0286. The molecular formula is C21H17N5O. The zero-order chi connectivity index (χ0) is 18.0. The maximum absolute atomic E-state index is 5.97. The normalized spacial score (nSPS) is 17.0. The summed E-state index contributed by atoms with van der Waals surface area (Å²) in [5.74, 6) is 1.25. The average molecular weight is 355 g/mol. The molecule has 0 amide bonds. The van der Waals surface area contributed by atoms with Crippen molar-refractivity contribution >= 4 is 17.2 Å². The van der Waals surface area contributed by atoms with E-state index in [1.54, 1.807) is 0 Å². The Morgan fingerprint density at radius 1 is 1.15 bits per heavy atom. The summed E-state index contributed by atoms with van der Waals surface area (Å²) in [7, 11) is 0. The molecule has 0 radical (unpaired) electrons. The molecule has 0 spiro atoms. The molecule has 0 bridgehead atoms. The lowest BCUT2D eigenvalue weighted by Gasteiger charge is -2.20. The molecule has 4 heterocycles. The molecule has 3 N–H and O–H groups in total. The maximum atomic E-state index is 5.97. The molecular weight excluding hydrogens is 338 g/mol. The van der Waals surface area contributed by atoms with E-state index in [0.29, 0.717) is 0 Å². The molecule has 0 fully saturated rings. The predicted octanol–water partition coefficient (Wildman–Crippen LogP) is 3.43. The number of nitrogen functional groups attached to an aromatic ring is 1. The first-order valence-corrected chi connectivity index (χ1v) is 9.04. The van der Waals surface area contributed by atoms with Crippen LogP contribution in [0.2, 0.25) is 0 Å². The second-order valence-corrected chi connectivity index (χ2v) is 6.97. The van der Waals surface area contributed by atoms with Crippen molar-refractivity contribution in [3.8, 4) is 17.0 Å². The number of nitrogens with one attached hydrogen (secondary N) is 1. The number of benzene rings is 2. The van der Waals surface area contributed by atoms with Crippen molar-refractivity contribution in [1.29, 1.82) is 0 Å². The van der Waals surface area contributed by atoms with Crippen LogP contribution in [-0.4, -0.2) is 21.2 Å². The first kappa shape index (κ1) is 14.6. The highest BCUT2D eigenvalue weighted by Gasteiger charge is 2.28. The van der Waals surface area contributed by atoms with Crippen LogP contribution < -0.4 is 15.8 Å². The second-order valence-electron chi connectivity index (χ2n) is 6.97. The van der Waals surface area contributed by atoms with Crippen molar-refractivity contribution in [1.82, 2.24) is 14.6 Å². The number of ether oxygens (including phenoxy) is 1. The summed E-state index contributed by atoms with van der Waals surface area (Å²) in [6, 6.07) is 16.7. The number of hydrogen-bond donors (Lipinski definition) is 2. The summed E-state index contributed by atoms with van der Waals surface area (Å²) in [5, 5.41) is 8.07. The van der Waals surface area contributed by atoms with Gasteiger partial charge in [-0.05, 0) is 29.3 Å². The third-order valence-electron chi connectivity index (χ3n) is 5.41. The Kier molecular flexibility index (Phi) is 2.83. The number of aromatic nitrogens is 3. The molecule has 1 atom stereocenters. The van der Waals surface area contributed by atoms with Gasteiger partial charge in [-0.3, -0.25) is 0 Å². The van der Waals surface area contributed by atoms with Crippen LogP contribution in [0.25, 0.3) is 16.8 Å². The molecule has 6 nitrogen and oxygen atoms in total. The Labute approximate surface area is 155 Å². The highest BCUT2D eigenvalue weighted by molar-refractivity contribution is 5.90. The van der Waals surface area contributed by atoms with E-state index >= 15 is 0 Å². The molecule has 2 aromatic heterocycles. The van der Waals surface area contributed by atoms with E-state index < -0.39 is 0 Å². The number of anilines is 2. The van der Waals surface area contributed by atoms with E-state index in [0.717, 1.165) is 52.4 Å². The van der Waals surface area contributed by atoms with E-state index in [1.807, 2.05) is 22.8 Å². The predicted molar refractivity (Wildman–Crippen MR) is 104 cm³/mol. The van der Waals surface area contributed by atoms with E-state index in [9.17, 15) is 0 Å². The van der Waals surface area contributed by atoms with Crippen molar-refractivity contribution in [2.45, 2.75) is 12.5 Å². The number of fused-ring (bicyclic) bond motifs is 3. The standard InChI is InChI=1S/C21H17N5O/c22-21-24-19-14-3-1-2-4-16(14)23-18(15-7-9-26(25-21)20(15)19)13-6-5-12-8-10-27-17(12)11-13/h1-7,9,11,18,23H,8,10H2,(H2,22,25). The number of nitrogens with two attached hydrogens (primary N) is 1. The third-order valence-corrected chi connectivity index (χ3v) is 5.41. The molecule has 27 heavy (non-hydrogen) atoms. The van der Waals surface area contributed by atoms with Crippen LogP contribution >= 0.6 is 0 Å². The first-order chi connectivity index (χ1) is 13.3. The molecule has 6 rings (SSSR count). The van der Waals surface area contributed by atoms with Gasteiger partial charge in [-0.2, -0.15) is 0 Å². The zero-order valence-corrected chi connectivity index (χ0v) is 14.5. The van der Waals surface area contributed by atoms with Crippen molar-refractivity contribution in [2.24, 2.45) is 0 Å². The van der Waals surface area contributed by atoms with Crippen LogP contribution in [0.4, 0.5) is 11.6 Å². The molecule has 0 saturated heterocycles. The summed E-state index contributed by atoms with van der Waals surface area (Å²) >= 11 is 0. The fourth-order valence-electron chi connectivity index (χ4n) is 4.16. The summed E-state index contributed by atoms with van der Waals surface area (Å²) in [6.07, 6.45) is 2.92. The molecule has 2 aliphatic rings. The van der Waals surface area contributed by atoms with Gasteiger partial charge in [-0.25, -0.2) is 9.50 Å². The van der Waals surface area contributed by atoms with Gasteiger partial charge in [0.1, 0.15) is 11.4 Å². The molecule has 2 aromatic carbocycles. The molecule has 6 heteroatoms. The van der Waals surface area contributed by atoms with Gasteiger partial charge in [0.2, 0.25) is 5.95 Å². The van der Waals surface area contributed by atoms with Crippen LogP contribution in [0.3, 0.4) is 0 Å². The van der Waals surface area contributed by atoms with Gasteiger partial charge < -0.3 is 15.8 Å². The van der Waals surface area contributed by atoms with E-state index in [-0.39, 0.29) is 12.0 Å². The SMILES string of the molecule is Nc1nc2c3c(ccn3n1)C(c1ccc3c(c1)OCC3)Nc1ccccc1-2. The monoisotopic (exact) mass is 355 g/mol. The van der Waals surface area contributed by atoms with Crippen molar-refractivity contribution in [2.75, 3.05) is 17.7 Å². The lowest BCUT2D eigenvalue weighted by atomic mass is 9.98. The van der Waals surface area contributed by atoms with Gasteiger partial charge >= 0.3 is 0 Å². The lowest BCUT2D eigenvalue weighted by Crippen LogP contribution is -2.11. The Hall–Kier alpha value is -3.54. The van der Waals surface area contributed by atoms with Gasteiger partial charge in [0.15, 0.2) is 0 Å². The Morgan fingerprint density at radius 2 is 2.07 bits per heavy atom. The number of para-hydroxylation sites is 1. The van der Waals surface area contributed by atoms with Crippen LogP contribution in [0, 0.1) is 0 Å². The van der Waals surface area contributed by atoms with Gasteiger partial charge in [0, 0.05) is 29.4 Å². The number of hydrogen-bond acceptors (Lipinski definition) is 5. The minimum atomic E-state index is -0.0286. The summed E-state index contributed by atoms with van der Waals surface area (Å²) < 4.78 is 7.62. The van der Waals surface area contributed by atoms with Crippen LogP contribution in [0.1, 0.15) is 22.7 Å². The topological polar surface area (TPSA) is 77.5 Å². The third kappa shape index (κ3) is 2.07. The fraction of sp³-hybridized carbons (Fsp3) is 0.143. The van der Waals surface area contributed by atoms with Crippen LogP contribution in [0.15, 0.2) is 54.7 Å². The van der Waals surface area contributed by atoms with Crippen molar-refractivity contribution < 1.29 is 4.74 Å². The minimum Gasteiger partial charge on any atom is -0.493 e. The second kappa shape index (κ2) is 5.23. The molecule has 0 aliphatic carbocycles. The molecule has 4 aromatic rings. The number of rotatable bonds is 1. The molecule has 1 unspecified atom stereocenters. The van der Waals surface area contributed by atoms with E-state index in [1.165, 1.54) is 5.56 Å². The summed E-state index contributed by atoms with van der Waals surface area (Å²) in [6.45, 7) is 0.756. The van der Waals surface area contributed by atoms with E-state index in [2.05, 4.69) is 51.8 Å². The van der Waals surface area contributed by atoms with Gasteiger partial charge in [-0.15, -0.1) is 5.10 Å². The number of nitrogens with zero attached hydrogens (tertiary/aromatic N) is 3. The van der Waals surface area contributed by atoms with Crippen molar-refractivity contribution in [3.05, 3.63) is 71.4 Å². The van der Waals surface area contributed by atoms with E-state index in [4.69, 9.17) is 10.5 Å². The van der Waals surface area contributed by atoms with Crippen LogP contribution in [-0.2, 0) is 6.42 Å². The largest absolute Gasteiger partial charge is 0.493 e. The van der Waals surface area contributed by atoms with Gasteiger partial charge in [0.25, 0.3) is 0 Å². The summed E-state index contributed by atoms with van der Waals surface area (Å²) in [4.78, 5) is 4.57. The highest BCUT2D eigenvalue weighted by atomic mass is 16.5. The van der Waals surface area contributed by atoms with Gasteiger partial charge in [-0.1, -0.05) is 30.3 Å². The fourth-order valence-corrected chi connectivity index (χ4v) is 4.16. The summed E-state index contributed by atoms with van der Waals surface area (Å²) in [5.41, 5.74) is 13.4.